The standard InChI is InChI=1S/C13H11BrO3S/c1-10-7-8-13(12(14)9-10)17-18(15,16)11-5-3-2-4-6-11/h2-9H,1H3. The average molecular weight is 327 g/mol. The Morgan fingerprint density at radius 2 is 1.72 bits per heavy atom. The first-order valence-electron chi connectivity index (χ1n) is 5.25. The highest BCUT2D eigenvalue weighted by atomic mass is 79.9. The summed E-state index contributed by atoms with van der Waals surface area (Å²) in [6.45, 7) is 1.92. The van der Waals surface area contributed by atoms with Crippen LogP contribution in [0.25, 0.3) is 0 Å². The van der Waals surface area contributed by atoms with Crippen molar-refractivity contribution < 1.29 is 12.6 Å². The Hall–Kier alpha value is -1.33. The lowest BCUT2D eigenvalue weighted by molar-refractivity contribution is 0.484. The zero-order chi connectivity index (χ0) is 13.2. The molecule has 0 N–H and O–H groups in total. The van der Waals surface area contributed by atoms with E-state index < -0.39 is 10.1 Å². The van der Waals surface area contributed by atoms with E-state index in [1.54, 1.807) is 36.4 Å². The summed E-state index contributed by atoms with van der Waals surface area (Å²) >= 11 is 3.28. The molecule has 3 nitrogen and oxygen atoms in total. The highest BCUT2D eigenvalue weighted by Crippen LogP contribution is 2.28. The predicted molar refractivity (Wildman–Crippen MR) is 73.1 cm³/mol. The Labute approximate surface area is 115 Å². The van der Waals surface area contributed by atoms with E-state index in [4.69, 9.17) is 4.18 Å². The number of aryl methyl sites for hydroxylation is 1. The lowest BCUT2D eigenvalue weighted by atomic mass is 10.2. The third kappa shape index (κ3) is 2.91. The third-order valence-corrected chi connectivity index (χ3v) is 4.19. The minimum atomic E-state index is -3.78. The summed E-state index contributed by atoms with van der Waals surface area (Å²) < 4.78 is 29.7. The first-order valence-corrected chi connectivity index (χ1v) is 7.45. The molecule has 0 heterocycles. The molecule has 0 unspecified atom stereocenters. The van der Waals surface area contributed by atoms with E-state index in [2.05, 4.69) is 15.9 Å². The molecule has 0 aliphatic carbocycles. The van der Waals surface area contributed by atoms with E-state index in [9.17, 15) is 8.42 Å². The highest BCUT2D eigenvalue weighted by molar-refractivity contribution is 9.10. The summed E-state index contributed by atoms with van der Waals surface area (Å²) in [7, 11) is -3.78. The quantitative estimate of drug-likeness (QED) is 0.810. The lowest BCUT2D eigenvalue weighted by Gasteiger charge is -2.08. The zero-order valence-electron chi connectivity index (χ0n) is 9.63. The van der Waals surface area contributed by atoms with E-state index in [0.717, 1.165) is 5.56 Å². The molecule has 0 spiro atoms. The molecule has 0 aromatic heterocycles. The topological polar surface area (TPSA) is 43.4 Å². The van der Waals surface area contributed by atoms with Crippen molar-refractivity contribution in [2.75, 3.05) is 0 Å². The van der Waals surface area contributed by atoms with Crippen LogP contribution in [0.5, 0.6) is 5.75 Å². The van der Waals surface area contributed by atoms with E-state index in [0.29, 0.717) is 4.47 Å². The van der Waals surface area contributed by atoms with Crippen molar-refractivity contribution >= 4 is 26.0 Å². The van der Waals surface area contributed by atoms with Crippen molar-refractivity contribution in [3.05, 3.63) is 58.6 Å². The molecule has 0 aliphatic rings. The molecule has 0 saturated carbocycles. The van der Waals surface area contributed by atoms with Gasteiger partial charge >= 0.3 is 10.1 Å². The molecular weight excluding hydrogens is 316 g/mol. The van der Waals surface area contributed by atoms with E-state index in [-0.39, 0.29) is 10.6 Å². The fourth-order valence-corrected chi connectivity index (χ4v) is 3.08. The number of hydrogen-bond acceptors (Lipinski definition) is 3. The molecule has 2 rings (SSSR count). The minimum absolute atomic E-state index is 0.137. The number of rotatable bonds is 3. The van der Waals surface area contributed by atoms with Gasteiger partial charge in [0, 0.05) is 0 Å². The van der Waals surface area contributed by atoms with Crippen molar-refractivity contribution in [1.29, 1.82) is 0 Å². The van der Waals surface area contributed by atoms with Crippen LogP contribution in [0.4, 0.5) is 0 Å². The van der Waals surface area contributed by atoms with Gasteiger partial charge in [-0.05, 0) is 52.7 Å². The second kappa shape index (κ2) is 5.12. The maximum atomic E-state index is 12.0. The number of halogens is 1. The molecular formula is C13H11BrO3S. The van der Waals surface area contributed by atoms with Crippen LogP contribution < -0.4 is 4.18 Å². The summed E-state index contributed by atoms with van der Waals surface area (Å²) in [5, 5.41) is 0. The molecule has 18 heavy (non-hydrogen) atoms. The Kier molecular flexibility index (Phi) is 3.73. The summed E-state index contributed by atoms with van der Waals surface area (Å²) in [6.07, 6.45) is 0. The Balaban J connectivity index is 2.34. The largest absolute Gasteiger partial charge is 0.378 e. The van der Waals surface area contributed by atoms with Crippen LogP contribution in [-0.2, 0) is 10.1 Å². The van der Waals surface area contributed by atoms with Gasteiger partial charge in [0.25, 0.3) is 0 Å². The second-order valence-corrected chi connectivity index (χ2v) is 6.19. The normalized spacial score (nSPS) is 11.2. The summed E-state index contributed by atoms with van der Waals surface area (Å²) in [5.74, 6) is 0.282. The van der Waals surface area contributed by atoms with Crippen molar-refractivity contribution in [1.82, 2.24) is 0 Å². The molecule has 0 bridgehead atoms. The van der Waals surface area contributed by atoms with Crippen LogP contribution in [0, 0.1) is 6.92 Å². The van der Waals surface area contributed by atoms with Crippen molar-refractivity contribution in [2.24, 2.45) is 0 Å². The van der Waals surface area contributed by atoms with Crippen molar-refractivity contribution in [3.8, 4) is 5.75 Å². The van der Waals surface area contributed by atoms with Crippen LogP contribution in [0.3, 0.4) is 0 Å². The van der Waals surface area contributed by atoms with Gasteiger partial charge in [0.2, 0.25) is 0 Å². The summed E-state index contributed by atoms with van der Waals surface area (Å²) in [4.78, 5) is 0.137. The monoisotopic (exact) mass is 326 g/mol. The van der Waals surface area contributed by atoms with Gasteiger partial charge < -0.3 is 4.18 Å². The van der Waals surface area contributed by atoms with E-state index in [1.165, 1.54) is 12.1 Å². The van der Waals surface area contributed by atoms with E-state index in [1.807, 2.05) is 6.92 Å². The van der Waals surface area contributed by atoms with Gasteiger partial charge in [-0.15, -0.1) is 0 Å². The molecule has 0 saturated heterocycles. The van der Waals surface area contributed by atoms with Crippen LogP contribution in [-0.4, -0.2) is 8.42 Å². The fraction of sp³-hybridized carbons (Fsp3) is 0.0769. The van der Waals surface area contributed by atoms with Gasteiger partial charge in [-0.3, -0.25) is 0 Å². The predicted octanol–water partition coefficient (Wildman–Crippen LogP) is 3.53. The maximum absolute atomic E-state index is 12.0. The van der Waals surface area contributed by atoms with Gasteiger partial charge in [-0.1, -0.05) is 24.3 Å². The summed E-state index contributed by atoms with van der Waals surface area (Å²) in [5.41, 5.74) is 1.02. The zero-order valence-corrected chi connectivity index (χ0v) is 12.0. The highest BCUT2D eigenvalue weighted by Gasteiger charge is 2.17. The molecule has 0 atom stereocenters. The van der Waals surface area contributed by atoms with Crippen molar-refractivity contribution in [2.45, 2.75) is 11.8 Å². The van der Waals surface area contributed by atoms with Crippen molar-refractivity contribution in [3.63, 3.8) is 0 Å². The van der Waals surface area contributed by atoms with Crippen LogP contribution in [0.15, 0.2) is 57.9 Å². The maximum Gasteiger partial charge on any atom is 0.339 e. The Bertz CT molecular complexity index is 651. The van der Waals surface area contributed by atoms with Gasteiger partial charge in [0.15, 0.2) is 5.75 Å². The Morgan fingerprint density at radius 1 is 1.06 bits per heavy atom. The minimum Gasteiger partial charge on any atom is -0.378 e. The molecule has 2 aromatic carbocycles. The van der Waals surface area contributed by atoms with Gasteiger partial charge in [-0.25, -0.2) is 0 Å². The second-order valence-electron chi connectivity index (χ2n) is 3.78. The van der Waals surface area contributed by atoms with Gasteiger partial charge in [-0.2, -0.15) is 8.42 Å². The lowest BCUT2D eigenvalue weighted by Crippen LogP contribution is -2.09. The average Bonchev–Trinajstić information content (AvgIpc) is 2.34. The molecule has 0 fully saturated rings. The Morgan fingerprint density at radius 3 is 2.33 bits per heavy atom. The van der Waals surface area contributed by atoms with Crippen LogP contribution in [0.2, 0.25) is 0 Å². The number of hydrogen-bond donors (Lipinski definition) is 0. The van der Waals surface area contributed by atoms with E-state index >= 15 is 0 Å². The van der Waals surface area contributed by atoms with Crippen LogP contribution >= 0.6 is 15.9 Å². The molecule has 94 valence electrons. The smallest absolute Gasteiger partial charge is 0.339 e. The van der Waals surface area contributed by atoms with Crippen LogP contribution in [0.1, 0.15) is 5.56 Å². The molecule has 5 heteroatoms. The molecule has 2 aromatic rings. The SMILES string of the molecule is Cc1ccc(OS(=O)(=O)c2ccccc2)c(Br)c1. The first kappa shape index (κ1) is 13.1. The third-order valence-electron chi connectivity index (χ3n) is 2.32. The molecule has 0 amide bonds. The first-order chi connectivity index (χ1) is 8.49. The summed E-state index contributed by atoms with van der Waals surface area (Å²) in [6, 6.07) is 13.3. The van der Waals surface area contributed by atoms with Gasteiger partial charge in [0.05, 0.1) is 4.47 Å². The molecule has 0 aliphatic heterocycles. The van der Waals surface area contributed by atoms with Gasteiger partial charge in [0.1, 0.15) is 4.90 Å². The molecule has 0 radical (unpaired) electrons. The fourth-order valence-electron chi connectivity index (χ4n) is 1.43. The number of benzene rings is 2.